The molecule has 4 heteroatoms. The highest BCUT2D eigenvalue weighted by Gasteiger charge is 2.19. The van der Waals surface area contributed by atoms with Gasteiger partial charge in [-0.25, -0.2) is 9.97 Å². The van der Waals surface area contributed by atoms with E-state index in [0.29, 0.717) is 0 Å². The third kappa shape index (κ3) is 2.43. The normalized spacial score (nSPS) is 14.9. The molecule has 0 aliphatic heterocycles. The van der Waals surface area contributed by atoms with E-state index in [2.05, 4.69) is 34.3 Å². The molecule has 1 aliphatic rings. The Labute approximate surface area is 107 Å². The number of rotatable bonds is 5. The minimum absolute atomic E-state index is 0.741. The van der Waals surface area contributed by atoms with Crippen LogP contribution in [0.5, 0.6) is 0 Å². The Balaban J connectivity index is 1.73. The summed E-state index contributed by atoms with van der Waals surface area (Å²) in [7, 11) is 0. The molecule has 1 saturated carbocycles. The maximum atomic E-state index is 4.51. The number of nitrogens with one attached hydrogen (secondary N) is 1. The number of hydrogen-bond donors (Lipinski definition) is 1. The van der Waals surface area contributed by atoms with Gasteiger partial charge in [0.15, 0.2) is 0 Å². The van der Waals surface area contributed by atoms with E-state index in [0.717, 1.165) is 30.6 Å². The van der Waals surface area contributed by atoms with Crippen molar-refractivity contribution < 1.29 is 0 Å². The predicted molar refractivity (Wildman–Crippen MR) is 70.6 cm³/mol. The van der Waals surface area contributed by atoms with Crippen molar-refractivity contribution in [3.05, 3.63) is 42.1 Å². The second-order valence-corrected chi connectivity index (χ2v) is 4.75. The minimum atomic E-state index is 0.741. The molecule has 3 rings (SSSR count). The van der Waals surface area contributed by atoms with Crippen LogP contribution >= 0.6 is 0 Å². The highest BCUT2D eigenvalue weighted by molar-refractivity contribution is 5.27. The van der Waals surface area contributed by atoms with Gasteiger partial charge in [-0.05, 0) is 24.5 Å². The van der Waals surface area contributed by atoms with Crippen molar-refractivity contribution in [3.8, 4) is 5.82 Å². The Morgan fingerprint density at radius 1 is 1.33 bits per heavy atom. The number of pyridine rings is 1. The summed E-state index contributed by atoms with van der Waals surface area (Å²) < 4.78 is 2.04. The summed E-state index contributed by atoms with van der Waals surface area (Å²) in [5.74, 6) is 1.99. The molecular formula is C14H18N4. The van der Waals surface area contributed by atoms with Gasteiger partial charge in [0.2, 0.25) is 0 Å². The van der Waals surface area contributed by atoms with Gasteiger partial charge in [0.1, 0.15) is 11.6 Å². The summed E-state index contributed by atoms with van der Waals surface area (Å²) in [5, 5.41) is 3.49. The first-order valence-electron chi connectivity index (χ1n) is 6.57. The summed E-state index contributed by atoms with van der Waals surface area (Å²) in [5.41, 5.74) is 1.24. The molecule has 0 spiro atoms. The Morgan fingerprint density at radius 2 is 2.22 bits per heavy atom. The summed E-state index contributed by atoms with van der Waals surface area (Å²) in [6.07, 6.45) is 9.29. The lowest BCUT2D eigenvalue weighted by Crippen LogP contribution is -2.15. The number of imidazole rings is 1. The van der Waals surface area contributed by atoms with Crippen molar-refractivity contribution >= 4 is 0 Å². The Morgan fingerprint density at radius 3 is 2.89 bits per heavy atom. The lowest BCUT2D eigenvalue weighted by molar-refractivity contribution is 0.685. The molecule has 1 fully saturated rings. The zero-order chi connectivity index (χ0) is 12.4. The van der Waals surface area contributed by atoms with Gasteiger partial charge in [-0.1, -0.05) is 13.0 Å². The molecule has 0 amide bonds. The quantitative estimate of drug-likeness (QED) is 0.873. The molecule has 1 aliphatic carbocycles. The van der Waals surface area contributed by atoms with Gasteiger partial charge in [0.25, 0.3) is 0 Å². The van der Waals surface area contributed by atoms with Crippen molar-refractivity contribution in [2.75, 3.05) is 0 Å². The van der Waals surface area contributed by atoms with Crippen LogP contribution in [-0.4, -0.2) is 20.6 Å². The Kier molecular flexibility index (Phi) is 3.11. The molecule has 0 radical (unpaired) electrons. The molecule has 0 bridgehead atoms. The molecular weight excluding hydrogens is 224 g/mol. The zero-order valence-electron chi connectivity index (χ0n) is 10.6. The van der Waals surface area contributed by atoms with Crippen molar-refractivity contribution in [1.82, 2.24) is 19.9 Å². The first-order chi connectivity index (χ1) is 8.86. The van der Waals surface area contributed by atoms with Gasteiger partial charge in [-0.15, -0.1) is 0 Å². The van der Waals surface area contributed by atoms with Crippen LogP contribution in [0.25, 0.3) is 5.82 Å². The fraction of sp³-hybridized carbons (Fsp3) is 0.429. The third-order valence-electron chi connectivity index (χ3n) is 3.26. The first kappa shape index (κ1) is 11.4. The summed E-state index contributed by atoms with van der Waals surface area (Å²) in [4.78, 5) is 8.82. The van der Waals surface area contributed by atoms with Crippen LogP contribution in [0.2, 0.25) is 0 Å². The summed E-state index contributed by atoms with van der Waals surface area (Å²) >= 11 is 0. The maximum absolute atomic E-state index is 4.51. The standard InChI is InChI=1S/C14H18N4/c1-2-13-15-7-8-18(13)14-6-3-11(10-17-14)9-16-12-4-5-12/h3,6-8,10,12,16H,2,4-5,9H2,1H3. The van der Waals surface area contributed by atoms with E-state index >= 15 is 0 Å². The van der Waals surface area contributed by atoms with Crippen molar-refractivity contribution in [2.24, 2.45) is 0 Å². The van der Waals surface area contributed by atoms with Gasteiger partial charge in [0, 0.05) is 37.6 Å². The average molecular weight is 242 g/mol. The fourth-order valence-corrected chi connectivity index (χ4v) is 2.02. The van der Waals surface area contributed by atoms with Gasteiger partial charge in [-0.3, -0.25) is 4.57 Å². The lowest BCUT2D eigenvalue weighted by atomic mass is 10.3. The van der Waals surface area contributed by atoms with E-state index in [1.807, 2.05) is 23.2 Å². The van der Waals surface area contributed by atoms with Crippen LogP contribution in [0.1, 0.15) is 31.2 Å². The second kappa shape index (κ2) is 4.90. The van der Waals surface area contributed by atoms with Crippen LogP contribution < -0.4 is 5.32 Å². The number of aromatic nitrogens is 3. The van der Waals surface area contributed by atoms with Crippen molar-refractivity contribution in [3.63, 3.8) is 0 Å². The smallest absolute Gasteiger partial charge is 0.137 e. The molecule has 2 aromatic rings. The highest BCUT2D eigenvalue weighted by atomic mass is 15.1. The van der Waals surface area contributed by atoms with E-state index in [1.54, 1.807) is 0 Å². The van der Waals surface area contributed by atoms with E-state index in [-0.39, 0.29) is 0 Å². The van der Waals surface area contributed by atoms with E-state index < -0.39 is 0 Å². The largest absolute Gasteiger partial charge is 0.310 e. The Hall–Kier alpha value is -1.68. The SMILES string of the molecule is CCc1nccn1-c1ccc(CNC2CC2)cn1. The summed E-state index contributed by atoms with van der Waals surface area (Å²) in [6.45, 7) is 3.02. The van der Waals surface area contributed by atoms with Crippen LogP contribution in [0.15, 0.2) is 30.7 Å². The molecule has 2 aromatic heterocycles. The molecule has 0 saturated heterocycles. The number of nitrogens with zero attached hydrogens (tertiary/aromatic N) is 3. The third-order valence-corrected chi connectivity index (χ3v) is 3.26. The molecule has 18 heavy (non-hydrogen) atoms. The molecule has 4 nitrogen and oxygen atoms in total. The molecule has 0 unspecified atom stereocenters. The monoisotopic (exact) mass is 242 g/mol. The molecule has 94 valence electrons. The van der Waals surface area contributed by atoms with Gasteiger partial charge in [-0.2, -0.15) is 0 Å². The number of aryl methyl sites for hydroxylation is 1. The molecule has 1 N–H and O–H groups in total. The van der Waals surface area contributed by atoms with Crippen molar-refractivity contribution in [1.29, 1.82) is 0 Å². The average Bonchev–Trinajstić information content (AvgIpc) is 3.12. The van der Waals surface area contributed by atoms with Crippen molar-refractivity contribution in [2.45, 2.75) is 38.8 Å². The molecule has 0 aromatic carbocycles. The van der Waals surface area contributed by atoms with Crippen LogP contribution in [0, 0.1) is 0 Å². The van der Waals surface area contributed by atoms with E-state index in [9.17, 15) is 0 Å². The van der Waals surface area contributed by atoms with Gasteiger partial charge >= 0.3 is 0 Å². The van der Waals surface area contributed by atoms with Gasteiger partial charge in [0.05, 0.1) is 0 Å². The topological polar surface area (TPSA) is 42.7 Å². The van der Waals surface area contributed by atoms with Crippen LogP contribution in [0.3, 0.4) is 0 Å². The lowest BCUT2D eigenvalue weighted by Gasteiger charge is -2.07. The highest BCUT2D eigenvalue weighted by Crippen LogP contribution is 2.19. The minimum Gasteiger partial charge on any atom is -0.310 e. The summed E-state index contributed by atoms with van der Waals surface area (Å²) in [6, 6.07) is 4.94. The Bertz CT molecular complexity index is 511. The molecule has 0 atom stereocenters. The fourth-order valence-electron chi connectivity index (χ4n) is 2.02. The predicted octanol–water partition coefficient (Wildman–Crippen LogP) is 2.08. The van der Waals surface area contributed by atoms with Gasteiger partial charge < -0.3 is 5.32 Å². The molecule has 2 heterocycles. The van der Waals surface area contributed by atoms with Crippen LogP contribution in [-0.2, 0) is 13.0 Å². The number of hydrogen-bond acceptors (Lipinski definition) is 3. The van der Waals surface area contributed by atoms with E-state index in [4.69, 9.17) is 0 Å². The van der Waals surface area contributed by atoms with E-state index in [1.165, 1.54) is 18.4 Å². The maximum Gasteiger partial charge on any atom is 0.137 e. The second-order valence-electron chi connectivity index (χ2n) is 4.75. The van der Waals surface area contributed by atoms with Crippen LogP contribution in [0.4, 0.5) is 0 Å². The zero-order valence-corrected chi connectivity index (χ0v) is 10.6. The first-order valence-corrected chi connectivity index (χ1v) is 6.57.